The number of aryl methyl sites for hydroxylation is 4. The van der Waals surface area contributed by atoms with E-state index >= 15 is 0 Å². The molecule has 4 rings (SSSR count). The summed E-state index contributed by atoms with van der Waals surface area (Å²) in [7, 11) is 0. The zero-order valence-electron chi connectivity index (χ0n) is 28.3. The van der Waals surface area contributed by atoms with Crippen LogP contribution in [0.2, 0.25) is 0 Å². The fourth-order valence-corrected chi connectivity index (χ4v) is 5.63. The van der Waals surface area contributed by atoms with Crippen LogP contribution in [0.5, 0.6) is 11.5 Å². The number of rotatable bonds is 18. The molecule has 0 saturated carbocycles. The number of aliphatic hydroxyl groups is 1. The Balaban J connectivity index is 1.38. The van der Waals surface area contributed by atoms with Gasteiger partial charge in [-0.1, -0.05) is 106 Å². The van der Waals surface area contributed by atoms with Gasteiger partial charge in [0.2, 0.25) is 0 Å². The predicted octanol–water partition coefficient (Wildman–Crippen LogP) is 9.10. The number of aromatic nitrogens is 3. The first kappa shape index (κ1) is 35.1. The molecular weight excluding hydrogens is 574 g/mol. The second-order valence-electron chi connectivity index (χ2n) is 12.5. The average molecular weight is 626 g/mol. The van der Waals surface area contributed by atoms with Crippen molar-refractivity contribution in [1.82, 2.24) is 15.0 Å². The molecule has 46 heavy (non-hydrogen) atoms. The third kappa shape index (κ3) is 10.4. The molecule has 1 heterocycles. The molecule has 7 heteroatoms. The minimum Gasteiger partial charge on any atom is -0.507 e. The number of ether oxygens (including phenoxy) is 2. The van der Waals surface area contributed by atoms with E-state index < -0.39 is 6.10 Å². The molecule has 246 valence electrons. The van der Waals surface area contributed by atoms with Crippen LogP contribution >= 0.6 is 0 Å². The smallest absolute Gasteiger partial charge is 0.167 e. The van der Waals surface area contributed by atoms with E-state index in [2.05, 4.69) is 32.9 Å². The fraction of sp³-hybridized carbons (Fsp3) is 0.462. The van der Waals surface area contributed by atoms with E-state index in [1.807, 2.05) is 38.1 Å². The first-order valence-electron chi connectivity index (χ1n) is 16.9. The van der Waals surface area contributed by atoms with E-state index in [-0.39, 0.29) is 19.0 Å². The molecule has 0 bridgehead atoms. The lowest BCUT2D eigenvalue weighted by molar-refractivity contribution is 0.0109. The van der Waals surface area contributed by atoms with Gasteiger partial charge in [0.25, 0.3) is 0 Å². The largest absolute Gasteiger partial charge is 0.507 e. The molecule has 0 aliphatic carbocycles. The van der Waals surface area contributed by atoms with E-state index in [1.165, 1.54) is 51.0 Å². The molecular formula is C39H51N3O4. The summed E-state index contributed by atoms with van der Waals surface area (Å²) >= 11 is 0. The van der Waals surface area contributed by atoms with Crippen LogP contribution in [0.1, 0.15) is 87.0 Å². The maximum Gasteiger partial charge on any atom is 0.167 e. The van der Waals surface area contributed by atoms with Gasteiger partial charge in [0, 0.05) is 23.8 Å². The quantitative estimate of drug-likeness (QED) is 0.106. The van der Waals surface area contributed by atoms with Crippen molar-refractivity contribution in [3.63, 3.8) is 0 Å². The highest BCUT2D eigenvalue weighted by molar-refractivity contribution is 5.72. The van der Waals surface area contributed by atoms with Crippen LogP contribution in [0.15, 0.2) is 54.6 Å². The summed E-state index contributed by atoms with van der Waals surface area (Å²) in [6, 6.07) is 17.4. The Morgan fingerprint density at radius 1 is 0.609 bits per heavy atom. The van der Waals surface area contributed by atoms with Gasteiger partial charge in [-0.2, -0.15) is 0 Å². The van der Waals surface area contributed by atoms with Crippen LogP contribution < -0.4 is 4.74 Å². The lowest BCUT2D eigenvalue weighted by atomic mass is 10.0. The highest BCUT2D eigenvalue weighted by atomic mass is 16.5. The number of hydrogen-bond acceptors (Lipinski definition) is 7. The van der Waals surface area contributed by atoms with Crippen LogP contribution in [-0.4, -0.2) is 51.1 Å². The highest BCUT2D eigenvalue weighted by Gasteiger charge is 2.18. The molecule has 0 fully saturated rings. The monoisotopic (exact) mass is 625 g/mol. The minimum absolute atomic E-state index is 0.0158. The van der Waals surface area contributed by atoms with Gasteiger partial charge in [0.15, 0.2) is 17.5 Å². The topological polar surface area (TPSA) is 97.6 Å². The Bertz CT molecular complexity index is 1490. The van der Waals surface area contributed by atoms with Gasteiger partial charge in [-0.3, -0.25) is 0 Å². The van der Waals surface area contributed by atoms with Crippen molar-refractivity contribution >= 4 is 0 Å². The zero-order valence-corrected chi connectivity index (χ0v) is 28.3. The van der Waals surface area contributed by atoms with Gasteiger partial charge in [-0.05, 0) is 57.4 Å². The van der Waals surface area contributed by atoms with Crippen molar-refractivity contribution in [3.8, 4) is 45.7 Å². The summed E-state index contributed by atoms with van der Waals surface area (Å²) in [6.45, 7) is 11.4. The molecule has 0 spiro atoms. The van der Waals surface area contributed by atoms with E-state index in [9.17, 15) is 10.2 Å². The van der Waals surface area contributed by atoms with Crippen LogP contribution in [0.25, 0.3) is 34.2 Å². The van der Waals surface area contributed by atoms with E-state index in [1.54, 1.807) is 12.1 Å². The standard InChI is InChI=1S/C39H51N3O4/c1-6-7-8-9-10-11-12-13-14-21-45-25-31(43)26-46-32-17-20-35(36(44)24-32)39-41-37(33-18-15-27(2)22-29(33)4)40-38(42-39)34-19-16-28(3)23-30(34)5/h15-20,22-24,31,43-44H,6-14,21,25-26H2,1-5H3. The molecule has 4 aromatic rings. The molecule has 0 radical (unpaired) electrons. The summed E-state index contributed by atoms with van der Waals surface area (Å²) in [5.74, 6) is 1.88. The second-order valence-corrected chi connectivity index (χ2v) is 12.5. The normalized spacial score (nSPS) is 12.0. The summed E-state index contributed by atoms with van der Waals surface area (Å²) in [4.78, 5) is 14.5. The molecule has 7 nitrogen and oxygen atoms in total. The van der Waals surface area contributed by atoms with Gasteiger partial charge in [0.05, 0.1) is 12.2 Å². The Labute approximate surface area is 275 Å². The average Bonchev–Trinajstić information content (AvgIpc) is 3.02. The number of phenols is 1. The number of hydrogen-bond donors (Lipinski definition) is 2. The number of aromatic hydroxyl groups is 1. The first-order valence-corrected chi connectivity index (χ1v) is 16.9. The third-order valence-corrected chi connectivity index (χ3v) is 8.24. The number of unbranched alkanes of at least 4 members (excludes halogenated alkanes) is 8. The van der Waals surface area contributed by atoms with Crippen molar-refractivity contribution in [2.24, 2.45) is 0 Å². The molecule has 3 aromatic carbocycles. The minimum atomic E-state index is -0.760. The Morgan fingerprint density at radius 2 is 1.11 bits per heavy atom. The molecule has 0 amide bonds. The predicted molar refractivity (Wildman–Crippen MR) is 186 cm³/mol. The SMILES string of the molecule is CCCCCCCCCCCOCC(O)COc1ccc(-c2nc(-c3ccc(C)cc3C)nc(-c3ccc(C)cc3C)n2)c(O)c1. The Kier molecular flexibility index (Phi) is 13.5. The molecule has 0 aliphatic rings. The maximum absolute atomic E-state index is 11.1. The number of phenolic OH excluding ortho intramolecular Hbond substituents is 1. The Hall–Kier alpha value is -3.81. The second kappa shape index (κ2) is 17.8. The van der Waals surface area contributed by atoms with Crippen molar-refractivity contribution in [2.75, 3.05) is 19.8 Å². The number of benzene rings is 3. The molecule has 2 N–H and O–H groups in total. The first-order chi connectivity index (χ1) is 22.2. The van der Waals surface area contributed by atoms with Crippen LogP contribution in [0.3, 0.4) is 0 Å². The molecule has 1 unspecified atom stereocenters. The van der Waals surface area contributed by atoms with Crippen LogP contribution in [0, 0.1) is 27.7 Å². The third-order valence-electron chi connectivity index (χ3n) is 8.24. The fourth-order valence-electron chi connectivity index (χ4n) is 5.63. The van der Waals surface area contributed by atoms with Gasteiger partial charge < -0.3 is 19.7 Å². The van der Waals surface area contributed by atoms with Gasteiger partial charge in [-0.15, -0.1) is 0 Å². The van der Waals surface area contributed by atoms with E-state index in [4.69, 9.17) is 24.4 Å². The van der Waals surface area contributed by atoms with Gasteiger partial charge in [0.1, 0.15) is 24.2 Å². The zero-order chi connectivity index (χ0) is 32.9. The van der Waals surface area contributed by atoms with Crippen LogP contribution in [-0.2, 0) is 4.74 Å². The molecule has 1 atom stereocenters. The van der Waals surface area contributed by atoms with Gasteiger partial charge in [-0.25, -0.2) is 15.0 Å². The van der Waals surface area contributed by atoms with Gasteiger partial charge >= 0.3 is 0 Å². The summed E-state index contributed by atoms with van der Waals surface area (Å²) in [5.41, 5.74) is 6.74. The Morgan fingerprint density at radius 3 is 1.63 bits per heavy atom. The lowest BCUT2D eigenvalue weighted by Crippen LogP contribution is -2.23. The molecule has 0 aliphatic heterocycles. The summed E-state index contributed by atoms with van der Waals surface area (Å²) in [5, 5.41) is 21.4. The summed E-state index contributed by atoms with van der Waals surface area (Å²) in [6.07, 6.45) is 10.6. The van der Waals surface area contributed by atoms with Crippen molar-refractivity contribution in [1.29, 1.82) is 0 Å². The maximum atomic E-state index is 11.1. The number of aliphatic hydroxyl groups excluding tert-OH is 1. The van der Waals surface area contributed by atoms with Crippen molar-refractivity contribution < 1.29 is 19.7 Å². The number of nitrogens with zero attached hydrogens (tertiary/aromatic N) is 3. The molecule has 1 aromatic heterocycles. The summed E-state index contributed by atoms with van der Waals surface area (Å²) < 4.78 is 11.5. The molecule has 0 saturated heterocycles. The van der Waals surface area contributed by atoms with Crippen LogP contribution in [0.4, 0.5) is 0 Å². The van der Waals surface area contributed by atoms with E-state index in [0.717, 1.165) is 46.2 Å². The van der Waals surface area contributed by atoms with Crippen molar-refractivity contribution in [3.05, 3.63) is 76.9 Å². The van der Waals surface area contributed by atoms with E-state index in [0.29, 0.717) is 35.4 Å². The highest BCUT2D eigenvalue weighted by Crippen LogP contribution is 2.34. The van der Waals surface area contributed by atoms with Crippen molar-refractivity contribution in [2.45, 2.75) is 98.5 Å². The lowest BCUT2D eigenvalue weighted by Gasteiger charge is -2.14.